The average Bonchev–Trinajstić information content (AvgIpc) is 2.28. The normalized spacial score (nSPS) is 21.4. The molecule has 0 aromatic rings. The Labute approximate surface area is 93.9 Å². The second kappa shape index (κ2) is 5.62. The van der Waals surface area contributed by atoms with Gasteiger partial charge in [0.25, 0.3) is 0 Å². The predicted octanol–water partition coefficient (Wildman–Crippen LogP) is -0.926. The van der Waals surface area contributed by atoms with Gasteiger partial charge in [-0.1, -0.05) is 6.58 Å². The fourth-order valence-electron chi connectivity index (χ4n) is 1.55. The molecule has 90 valence electrons. The van der Waals surface area contributed by atoms with Crippen LogP contribution in [0.5, 0.6) is 0 Å². The fourth-order valence-corrected chi connectivity index (χ4v) is 1.55. The Hall–Kier alpha value is -1.40. The van der Waals surface area contributed by atoms with E-state index < -0.39 is 12.0 Å². The fraction of sp³-hybridized carbons (Fsp3) is 0.600. The minimum atomic E-state index is -1.04. The molecule has 1 aliphatic rings. The average molecular weight is 228 g/mol. The van der Waals surface area contributed by atoms with Gasteiger partial charge in [-0.05, 0) is 0 Å². The highest BCUT2D eigenvalue weighted by atomic mass is 16.5. The zero-order valence-corrected chi connectivity index (χ0v) is 9.23. The predicted molar refractivity (Wildman–Crippen MR) is 57.0 cm³/mol. The van der Waals surface area contributed by atoms with Crippen molar-refractivity contribution in [1.29, 1.82) is 0 Å². The highest BCUT2D eigenvalue weighted by Gasteiger charge is 2.29. The van der Waals surface area contributed by atoms with Crippen LogP contribution < -0.4 is 5.32 Å². The number of amides is 1. The summed E-state index contributed by atoms with van der Waals surface area (Å²) in [6.07, 6.45) is 0. The summed E-state index contributed by atoms with van der Waals surface area (Å²) in [5.74, 6) is -1.21. The lowest BCUT2D eigenvalue weighted by atomic mass is 10.1. The molecule has 1 heterocycles. The summed E-state index contributed by atoms with van der Waals surface area (Å²) in [7, 11) is 1.54. The first kappa shape index (κ1) is 12.7. The van der Waals surface area contributed by atoms with E-state index in [1.807, 2.05) is 0 Å². The number of carboxylic acids is 1. The van der Waals surface area contributed by atoms with Crippen molar-refractivity contribution in [3.8, 4) is 0 Å². The third-order valence-corrected chi connectivity index (χ3v) is 2.48. The molecule has 2 N–H and O–H groups in total. The molecule has 1 unspecified atom stereocenters. The van der Waals surface area contributed by atoms with Crippen LogP contribution in [0.25, 0.3) is 0 Å². The van der Waals surface area contributed by atoms with Crippen LogP contribution >= 0.6 is 0 Å². The van der Waals surface area contributed by atoms with Gasteiger partial charge in [0.1, 0.15) is 6.04 Å². The van der Waals surface area contributed by atoms with E-state index in [0.29, 0.717) is 13.2 Å². The number of hydrogen-bond acceptors (Lipinski definition) is 4. The Kier molecular flexibility index (Phi) is 4.45. The van der Waals surface area contributed by atoms with E-state index in [2.05, 4.69) is 11.9 Å². The van der Waals surface area contributed by atoms with Crippen molar-refractivity contribution in [2.75, 3.05) is 33.4 Å². The summed E-state index contributed by atoms with van der Waals surface area (Å²) < 4.78 is 5.20. The molecule has 1 aliphatic heterocycles. The number of likely N-dealkylation sites (N-methyl/N-ethyl adjacent to an activating group) is 1. The smallest absolute Gasteiger partial charge is 0.332 e. The zero-order valence-electron chi connectivity index (χ0n) is 9.23. The van der Waals surface area contributed by atoms with E-state index in [1.165, 1.54) is 0 Å². The molecular weight excluding hydrogens is 212 g/mol. The molecule has 16 heavy (non-hydrogen) atoms. The quantitative estimate of drug-likeness (QED) is 0.608. The zero-order chi connectivity index (χ0) is 12.1. The monoisotopic (exact) mass is 228 g/mol. The largest absolute Gasteiger partial charge is 0.478 e. The van der Waals surface area contributed by atoms with E-state index in [1.54, 1.807) is 11.9 Å². The first-order valence-electron chi connectivity index (χ1n) is 5.00. The summed E-state index contributed by atoms with van der Waals surface area (Å²) in [4.78, 5) is 23.9. The number of carbonyl (C=O) groups excluding carboxylic acids is 1. The van der Waals surface area contributed by atoms with Gasteiger partial charge in [0, 0.05) is 25.7 Å². The van der Waals surface area contributed by atoms with E-state index in [0.717, 1.165) is 0 Å². The molecular formula is C10H16N2O4. The molecule has 1 amide bonds. The molecule has 0 aromatic heterocycles. The second-order valence-electron chi connectivity index (χ2n) is 3.58. The molecule has 0 bridgehead atoms. The number of nitrogens with zero attached hydrogens (tertiary/aromatic N) is 1. The van der Waals surface area contributed by atoms with Crippen molar-refractivity contribution in [1.82, 2.24) is 10.2 Å². The first-order chi connectivity index (χ1) is 7.56. The van der Waals surface area contributed by atoms with Crippen molar-refractivity contribution in [3.63, 3.8) is 0 Å². The standard InChI is InChI=1S/C10H16N2O4/c1-7(10(14)15)5-12-3-4-16-6-8(12)9(13)11-2/h8H,1,3-6H2,2H3,(H,11,13)(H,14,15). The molecule has 1 fully saturated rings. The van der Waals surface area contributed by atoms with Gasteiger partial charge < -0.3 is 15.2 Å². The minimum absolute atomic E-state index is 0.0794. The van der Waals surface area contributed by atoms with Crippen molar-refractivity contribution < 1.29 is 19.4 Å². The maximum atomic E-state index is 11.5. The molecule has 0 radical (unpaired) electrons. The van der Waals surface area contributed by atoms with Crippen molar-refractivity contribution in [2.45, 2.75) is 6.04 Å². The number of rotatable bonds is 4. The van der Waals surface area contributed by atoms with Gasteiger partial charge >= 0.3 is 5.97 Å². The van der Waals surface area contributed by atoms with E-state index in [-0.39, 0.29) is 24.6 Å². The van der Waals surface area contributed by atoms with Gasteiger partial charge in [0.05, 0.1) is 13.2 Å². The lowest BCUT2D eigenvalue weighted by Crippen LogP contribution is -2.53. The molecule has 0 aliphatic carbocycles. The number of ether oxygens (including phenoxy) is 1. The molecule has 0 saturated carbocycles. The molecule has 6 nitrogen and oxygen atoms in total. The van der Waals surface area contributed by atoms with E-state index in [9.17, 15) is 9.59 Å². The van der Waals surface area contributed by atoms with Crippen molar-refractivity contribution >= 4 is 11.9 Å². The van der Waals surface area contributed by atoms with Crippen LogP contribution in [0.4, 0.5) is 0 Å². The highest BCUT2D eigenvalue weighted by Crippen LogP contribution is 2.09. The lowest BCUT2D eigenvalue weighted by Gasteiger charge is -2.34. The van der Waals surface area contributed by atoms with E-state index in [4.69, 9.17) is 9.84 Å². The van der Waals surface area contributed by atoms with Crippen LogP contribution in [0.1, 0.15) is 0 Å². The van der Waals surface area contributed by atoms with Crippen LogP contribution in [-0.4, -0.2) is 61.3 Å². The molecule has 1 atom stereocenters. The first-order valence-corrected chi connectivity index (χ1v) is 5.00. The molecule has 1 rings (SSSR count). The number of morpholine rings is 1. The highest BCUT2D eigenvalue weighted by molar-refractivity contribution is 5.86. The van der Waals surface area contributed by atoms with Crippen molar-refractivity contribution in [3.05, 3.63) is 12.2 Å². The summed E-state index contributed by atoms with van der Waals surface area (Å²) >= 11 is 0. The maximum Gasteiger partial charge on any atom is 0.332 e. The summed E-state index contributed by atoms with van der Waals surface area (Å²) in [5, 5.41) is 11.3. The van der Waals surface area contributed by atoms with Gasteiger partial charge in [-0.3, -0.25) is 9.69 Å². The Bertz CT molecular complexity index is 303. The van der Waals surface area contributed by atoms with Crippen LogP contribution in [0.3, 0.4) is 0 Å². The van der Waals surface area contributed by atoms with Gasteiger partial charge in [0.2, 0.25) is 5.91 Å². The second-order valence-corrected chi connectivity index (χ2v) is 3.58. The summed E-state index contributed by atoms with van der Waals surface area (Å²) in [6.45, 7) is 4.95. The van der Waals surface area contributed by atoms with Crippen LogP contribution in [-0.2, 0) is 14.3 Å². The minimum Gasteiger partial charge on any atom is -0.478 e. The van der Waals surface area contributed by atoms with Crippen molar-refractivity contribution in [2.24, 2.45) is 0 Å². The third-order valence-electron chi connectivity index (χ3n) is 2.48. The Balaban J connectivity index is 2.63. The van der Waals surface area contributed by atoms with Gasteiger partial charge in [-0.15, -0.1) is 0 Å². The van der Waals surface area contributed by atoms with Gasteiger partial charge in [-0.2, -0.15) is 0 Å². The Morgan fingerprint density at radius 1 is 1.62 bits per heavy atom. The van der Waals surface area contributed by atoms with Crippen LogP contribution in [0.15, 0.2) is 12.2 Å². The molecule has 6 heteroatoms. The number of hydrogen-bond donors (Lipinski definition) is 2. The SMILES string of the molecule is C=C(CN1CCOCC1C(=O)NC)C(=O)O. The summed E-state index contributed by atoms with van der Waals surface area (Å²) in [5.41, 5.74) is 0.0794. The lowest BCUT2D eigenvalue weighted by molar-refractivity contribution is -0.135. The molecule has 0 spiro atoms. The summed E-state index contributed by atoms with van der Waals surface area (Å²) in [6, 6.07) is -0.435. The number of aliphatic carboxylic acids is 1. The molecule has 1 saturated heterocycles. The Morgan fingerprint density at radius 2 is 2.31 bits per heavy atom. The maximum absolute atomic E-state index is 11.5. The third kappa shape index (κ3) is 3.04. The number of nitrogens with one attached hydrogen (secondary N) is 1. The van der Waals surface area contributed by atoms with Gasteiger partial charge in [0.15, 0.2) is 0 Å². The van der Waals surface area contributed by atoms with Crippen LogP contribution in [0.2, 0.25) is 0 Å². The molecule has 0 aromatic carbocycles. The van der Waals surface area contributed by atoms with Gasteiger partial charge in [-0.25, -0.2) is 4.79 Å². The topological polar surface area (TPSA) is 78.9 Å². The Morgan fingerprint density at radius 3 is 2.88 bits per heavy atom. The number of carbonyl (C=O) groups is 2. The number of carboxylic acid groups (broad SMARTS) is 1. The van der Waals surface area contributed by atoms with Crippen LogP contribution in [0, 0.1) is 0 Å². The van der Waals surface area contributed by atoms with E-state index >= 15 is 0 Å².